The van der Waals surface area contributed by atoms with E-state index in [0.29, 0.717) is 5.69 Å². The molecule has 29 heavy (non-hydrogen) atoms. The highest BCUT2D eigenvalue weighted by atomic mass is 127. The Hall–Kier alpha value is -1.98. The number of carbonyl (C=O) groups is 3. The van der Waals surface area contributed by atoms with E-state index in [-0.39, 0.29) is 11.4 Å². The van der Waals surface area contributed by atoms with E-state index in [2.05, 4.69) is 27.9 Å². The van der Waals surface area contributed by atoms with Crippen molar-refractivity contribution in [1.29, 1.82) is 0 Å². The fourth-order valence-electron chi connectivity index (χ4n) is 2.61. The van der Waals surface area contributed by atoms with Crippen LogP contribution in [0, 0.1) is 3.57 Å². The lowest BCUT2D eigenvalue weighted by Gasteiger charge is -2.12. The molecule has 150 valence electrons. The number of nitrogens with one attached hydrogen (secondary N) is 1. The number of thioether (sulfide) groups is 2. The van der Waals surface area contributed by atoms with Crippen LogP contribution in [0.1, 0.15) is 5.56 Å². The number of methoxy groups -OCH3 is 1. The van der Waals surface area contributed by atoms with Crippen LogP contribution >= 0.6 is 46.1 Å². The first-order valence-corrected chi connectivity index (χ1v) is 11.6. The second-order valence-corrected chi connectivity index (χ2v) is 8.98. The van der Waals surface area contributed by atoms with E-state index in [0.717, 1.165) is 36.4 Å². The highest BCUT2D eigenvalue weighted by Crippen LogP contribution is 2.33. The maximum atomic E-state index is 12.6. The number of benzene rings is 2. The van der Waals surface area contributed by atoms with Crippen LogP contribution < -0.4 is 10.1 Å². The average molecular weight is 540 g/mol. The van der Waals surface area contributed by atoms with Crippen molar-refractivity contribution >= 4 is 74.9 Å². The Labute approximate surface area is 190 Å². The summed E-state index contributed by atoms with van der Waals surface area (Å²) in [5.74, 6) is -0.164. The number of amides is 3. The third-order valence-electron chi connectivity index (χ3n) is 4.00. The molecule has 1 fully saturated rings. The summed E-state index contributed by atoms with van der Waals surface area (Å²) in [6.07, 6.45) is 3.59. The summed E-state index contributed by atoms with van der Waals surface area (Å²) in [5.41, 5.74) is 1.40. The quantitative estimate of drug-likeness (QED) is 0.326. The molecular weight excluding hydrogens is 523 g/mol. The predicted octanol–water partition coefficient (Wildman–Crippen LogP) is 4.70. The number of carbonyl (C=O) groups excluding carboxylic acids is 3. The molecule has 1 aliphatic heterocycles. The van der Waals surface area contributed by atoms with E-state index < -0.39 is 17.1 Å². The number of hydrogen-bond acceptors (Lipinski definition) is 6. The molecule has 0 spiro atoms. The van der Waals surface area contributed by atoms with Crippen molar-refractivity contribution in [1.82, 2.24) is 4.90 Å². The minimum Gasteiger partial charge on any atom is -0.496 e. The molecule has 0 bridgehead atoms. The average Bonchev–Trinajstić information content (AvgIpc) is 2.95. The standard InChI is InChI=1S/C20H17IN2O4S2/c1-27-16-7-6-12(8-15(16)21)9-17-19(25)23(20(26)29-17)11-18(24)22-13-4-3-5-14(10-13)28-2/h3-10H,11H2,1-2H3,(H,22,24)/b17-9-. The summed E-state index contributed by atoms with van der Waals surface area (Å²) < 4.78 is 6.12. The molecule has 9 heteroatoms. The van der Waals surface area contributed by atoms with Crippen LogP contribution in [0.2, 0.25) is 0 Å². The van der Waals surface area contributed by atoms with E-state index in [9.17, 15) is 14.4 Å². The Morgan fingerprint density at radius 3 is 2.76 bits per heavy atom. The van der Waals surface area contributed by atoms with Crippen molar-refractivity contribution < 1.29 is 19.1 Å². The zero-order chi connectivity index (χ0) is 21.0. The topological polar surface area (TPSA) is 75.7 Å². The second-order valence-electron chi connectivity index (χ2n) is 5.94. The van der Waals surface area contributed by atoms with Crippen molar-refractivity contribution in [2.24, 2.45) is 0 Å². The van der Waals surface area contributed by atoms with Gasteiger partial charge in [-0.25, -0.2) is 0 Å². The van der Waals surface area contributed by atoms with Crippen molar-refractivity contribution in [3.05, 3.63) is 56.5 Å². The monoisotopic (exact) mass is 540 g/mol. The molecule has 2 aromatic rings. The normalized spacial score (nSPS) is 15.1. The highest BCUT2D eigenvalue weighted by molar-refractivity contribution is 14.1. The Bertz CT molecular complexity index is 1010. The largest absolute Gasteiger partial charge is 0.496 e. The van der Waals surface area contributed by atoms with Gasteiger partial charge in [0.1, 0.15) is 12.3 Å². The first-order valence-electron chi connectivity index (χ1n) is 8.44. The van der Waals surface area contributed by atoms with Crippen LogP contribution in [-0.2, 0) is 9.59 Å². The van der Waals surface area contributed by atoms with Gasteiger partial charge in [0.25, 0.3) is 11.1 Å². The summed E-state index contributed by atoms with van der Waals surface area (Å²) in [5, 5.41) is 2.27. The van der Waals surface area contributed by atoms with Gasteiger partial charge in [-0.1, -0.05) is 12.1 Å². The maximum Gasteiger partial charge on any atom is 0.294 e. The van der Waals surface area contributed by atoms with Crippen LogP contribution in [0.5, 0.6) is 5.75 Å². The van der Waals surface area contributed by atoms with Crippen molar-refractivity contribution in [2.45, 2.75) is 4.90 Å². The summed E-state index contributed by atoms with van der Waals surface area (Å²) in [7, 11) is 1.59. The Morgan fingerprint density at radius 1 is 1.28 bits per heavy atom. The van der Waals surface area contributed by atoms with Crippen molar-refractivity contribution in [3.8, 4) is 5.75 Å². The van der Waals surface area contributed by atoms with Gasteiger partial charge in [-0.3, -0.25) is 19.3 Å². The lowest BCUT2D eigenvalue weighted by molar-refractivity contribution is -0.127. The van der Waals surface area contributed by atoms with Gasteiger partial charge in [0.05, 0.1) is 15.6 Å². The third kappa shape index (κ3) is 5.34. The third-order valence-corrected chi connectivity index (χ3v) is 6.48. The summed E-state index contributed by atoms with van der Waals surface area (Å²) in [6.45, 7) is -0.328. The fraction of sp³-hybridized carbons (Fsp3) is 0.150. The molecule has 3 rings (SSSR count). The number of halogens is 1. The first kappa shape index (κ1) is 21.7. The van der Waals surface area contributed by atoms with E-state index in [1.165, 1.54) is 0 Å². The number of ether oxygens (including phenoxy) is 1. The summed E-state index contributed by atoms with van der Waals surface area (Å²) in [6, 6.07) is 12.8. The molecule has 3 amide bonds. The van der Waals surface area contributed by atoms with Gasteiger partial charge in [-0.15, -0.1) is 11.8 Å². The molecule has 1 aliphatic rings. The van der Waals surface area contributed by atoms with Gasteiger partial charge < -0.3 is 10.1 Å². The minimum absolute atomic E-state index is 0.285. The van der Waals surface area contributed by atoms with Gasteiger partial charge in [-0.2, -0.15) is 0 Å². The smallest absolute Gasteiger partial charge is 0.294 e. The van der Waals surface area contributed by atoms with Crippen molar-refractivity contribution in [3.63, 3.8) is 0 Å². The second kappa shape index (κ2) is 9.68. The number of nitrogens with zero attached hydrogens (tertiary/aromatic N) is 1. The number of imide groups is 1. The molecule has 0 radical (unpaired) electrons. The molecule has 1 heterocycles. The van der Waals surface area contributed by atoms with E-state index in [4.69, 9.17) is 4.74 Å². The Balaban J connectivity index is 1.70. The molecule has 0 aliphatic carbocycles. The number of anilines is 1. The molecular formula is C20H17IN2O4S2. The van der Waals surface area contributed by atoms with Gasteiger partial charge in [0, 0.05) is 10.6 Å². The molecule has 2 aromatic carbocycles. The van der Waals surface area contributed by atoms with E-state index in [1.807, 2.05) is 30.5 Å². The van der Waals surface area contributed by atoms with Crippen LogP contribution in [-0.4, -0.2) is 41.9 Å². The van der Waals surface area contributed by atoms with Crippen LogP contribution in [0.15, 0.2) is 52.3 Å². The van der Waals surface area contributed by atoms with Crippen molar-refractivity contribution in [2.75, 3.05) is 25.2 Å². The molecule has 1 saturated heterocycles. The van der Waals surface area contributed by atoms with Crippen LogP contribution in [0.3, 0.4) is 0 Å². The Morgan fingerprint density at radius 2 is 2.07 bits per heavy atom. The molecule has 0 unspecified atom stereocenters. The zero-order valence-electron chi connectivity index (χ0n) is 15.6. The molecule has 0 atom stereocenters. The van der Waals surface area contributed by atoms with E-state index >= 15 is 0 Å². The minimum atomic E-state index is -0.473. The lowest BCUT2D eigenvalue weighted by atomic mass is 10.2. The van der Waals surface area contributed by atoms with E-state index in [1.54, 1.807) is 43.1 Å². The number of hydrogen-bond donors (Lipinski definition) is 1. The van der Waals surface area contributed by atoms with Gasteiger partial charge in [0.2, 0.25) is 5.91 Å². The molecule has 6 nitrogen and oxygen atoms in total. The van der Waals surface area contributed by atoms with Crippen LogP contribution in [0.25, 0.3) is 6.08 Å². The summed E-state index contributed by atoms with van der Waals surface area (Å²) >= 11 is 4.53. The SMILES string of the molecule is COc1ccc(/C=C2\SC(=O)N(CC(=O)Nc3cccc(SC)c3)C2=O)cc1I. The van der Waals surface area contributed by atoms with Gasteiger partial charge in [0.15, 0.2) is 0 Å². The zero-order valence-corrected chi connectivity index (χ0v) is 19.4. The predicted molar refractivity (Wildman–Crippen MR) is 125 cm³/mol. The molecule has 0 aromatic heterocycles. The Kier molecular flexibility index (Phi) is 7.25. The fourth-order valence-corrected chi connectivity index (χ4v) is 4.66. The maximum absolute atomic E-state index is 12.6. The lowest BCUT2D eigenvalue weighted by Crippen LogP contribution is -2.36. The summed E-state index contributed by atoms with van der Waals surface area (Å²) in [4.78, 5) is 39.5. The molecule has 0 saturated carbocycles. The van der Waals surface area contributed by atoms with Crippen LogP contribution in [0.4, 0.5) is 10.5 Å². The first-order chi connectivity index (χ1) is 13.9. The molecule has 1 N–H and O–H groups in total. The van der Waals surface area contributed by atoms with Gasteiger partial charge in [-0.05, 0) is 82.6 Å². The van der Waals surface area contributed by atoms with Gasteiger partial charge >= 0.3 is 0 Å². The number of rotatable bonds is 6. The highest BCUT2D eigenvalue weighted by Gasteiger charge is 2.36.